The van der Waals surface area contributed by atoms with E-state index in [0.29, 0.717) is 12.2 Å². The largest absolute Gasteiger partial charge is 0.489 e. The van der Waals surface area contributed by atoms with Crippen LogP contribution in [0, 0.1) is 18.3 Å². The molecule has 2 heteroatoms. The summed E-state index contributed by atoms with van der Waals surface area (Å²) >= 11 is 0. The number of nitriles is 1. The predicted octanol–water partition coefficient (Wildman–Crippen LogP) is 3.45. The van der Waals surface area contributed by atoms with Gasteiger partial charge in [0, 0.05) is 0 Å². The molecule has 2 aromatic rings. The standard InChI is InChI=1S/C15H13NO/c1-12-5-7-15(8-6-12)17-11-14-4-2-3-13(9-14)10-16/h2-9H,11H2,1H3. The molecule has 0 aromatic heterocycles. The molecule has 0 atom stereocenters. The Morgan fingerprint density at radius 3 is 2.59 bits per heavy atom. The Morgan fingerprint density at radius 1 is 1.12 bits per heavy atom. The van der Waals surface area contributed by atoms with E-state index in [4.69, 9.17) is 10.00 Å². The number of benzene rings is 2. The maximum Gasteiger partial charge on any atom is 0.119 e. The Hall–Kier alpha value is -2.27. The number of hydrogen-bond acceptors (Lipinski definition) is 2. The molecule has 0 aliphatic carbocycles. The summed E-state index contributed by atoms with van der Waals surface area (Å²) in [5, 5.41) is 8.79. The van der Waals surface area contributed by atoms with Crippen LogP contribution in [-0.2, 0) is 6.61 Å². The molecule has 0 saturated carbocycles. The lowest BCUT2D eigenvalue weighted by molar-refractivity contribution is 0.306. The molecular weight excluding hydrogens is 210 g/mol. The van der Waals surface area contributed by atoms with E-state index in [9.17, 15) is 0 Å². The van der Waals surface area contributed by atoms with Gasteiger partial charge in [-0.15, -0.1) is 0 Å². The van der Waals surface area contributed by atoms with Crippen LogP contribution in [0.3, 0.4) is 0 Å². The maximum atomic E-state index is 8.79. The molecule has 17 heavy (non-hydrogen) atoms. The van der Waals surface area contributed by atoms with Crippen molar-refractivity contribution in [2.24, 2.45) is 0 Å². The fourth-order valence-corrected chi connectivity index (χ4v) is 1.53. The zero-order valence-corrected chi connectivity index (χ0v) is 9.68. The lowest BCUT2D eigenvalue weighted by Crippen LogP contribution is -1.95. The molecule has 2 aromatic carbocycles. The molecule has 0 heterocycles. The first kappa shape index (κ1) is 11.2. The minimum Gasteiger partial charge on any atom is -0.489 e. The van der Waals surface area contributed by atoms with E-state index in [-0.39, 0.29) is 0 Å². The molecule has 84 valence electrons. The summed E-state index contributed by atoms with van der Waals surface area (Å²) < 4.78 is 5.64. The molecule has 0 radical (unpaired) electrons. The number of aryl methyl sites for hydroxylation is 1. The van der Waals surface area contributed by atoms with Crippen LogP contribution in [0.1, 0.15) is 16.7 Å². The van der Waals surface area contributed by atoms with Crippen LogP contribution in [-0.4, -0.2) is 0 Å². The first-order valence-electron chi connectivity index (χ1n) is 5.46. The topological polar surface area (TPSA) is 33.0 Å². The van der Waals surface area contributed by atoms with Gasteiger partial charge in [0.1, 0.15) is 12.4 Å². The van der Waals surface area contributed by atoms with E-state index in [1.54, 1.807) is 6.07 Å². The highest BCUT2D eigenvalue weighted by atomic mass is 16.5. The molecular formula is C15H13NO. The minimum atomic E-state index is 0.485. The van der Waals surface area contributed by atoms with Crippen molar-refractivity contribution in [3.05, 3.63) is 65.2 Å². The molecule has 0 aliphatic heterocycles. The molecule has 0 amide bonds. The SMILES string of the molecule is Cc1ccc(OCc2cccc(C#N)c2)cc1. The van der Waals surface area contributed by atoms with Crippen LogP contribution >= 0.6 is 0 Å². The average Bonchev–Trinajstić information content (AvgIpc) is 2.38. The van der Waals surface area contributed by atoms with Gasteiger partial charge in [0.2, 0.25) is 0 Å². The Morgan fingerprint density at radius 2 is 1.88 bits per heavy atom. The molecule has 0 fully saturated rings. The molecule has 0 spiro atoms. The summed E-state index contributed by atoms with van der Waals surface area (Å²) in [5.74, 6) is 0.845. The summed E-state index contributed by atoms with van der Waals surface area (Å²) in [4.78, 5) is 0. The van der Waals surface area contributed by atoms with Crippen molar-refractivity contribution in [2.45, 2.75) is 13.5 Å². The highest BCUT2D eigenvalue weighted by Crippen LogP contribution is 2.14. The Balaban J connectivity index is 2.02. The van der Waals surface area contributed by atoms with Crippen LogP contribution in [0.25, 0.3) is 0 Å². The van der Waals surface area contributed by atoms with Gasteiger partial charge in [-0.25, -0.2) is 0 Å². The van der Waals surface area contributed by atoms with E-state index in [1.807, 2.05) is 49.4 Å². The second-order valence-corrected chi connectivity index (χ2v) is 3.91. The molecule has 0 unspecified atom stereocenters. The molecule has 0 N–H and O–H groups in total. The van der Waals surface area contributed by atoms with Gasteiger partial charge < -0.3 is 4.74 Å². The van der Waals surface area contributed by atoms with E-state index >= 15 is 0 Å². The van der Waals surface area contributed by atoms with Gasteiger partial charge in [0.25, 0.3) is 0 Å². The van der Waals surface area contributed by atoms with Crippen molar-refractivity contribution >= 4 is 0 Å². The molecule has 0 saturated heterocycles. The maximum absolute atomic E-state index is 8.79. The van der Waals surface area contributed by atoms with Crippen LogP contribution in [0.5, 0.6) is 5.75 Å². The predicted molar refractivity (Wildman–Crippen MR) is 66.7 cm³/mol. The van der Waals surface area contributed by atoms with E-state index < -0.39 is 0 Å². The lowest BCUT2D eigenvalue weighted by Gasteiger charge is -2.06. The summed E-state index contributed by atoms with van der Waals surface area (Å²) in [6, 6.07) is 17.5. The van der Waals surface area contributed by atoms with Crippen molar-refractivity contribution in [1.82, 2.24) is 0 Å². The molecule has 2 rings (SSSR count). The van der Waals surface area contributed by atoms with Crippen molar-refractivity contribution in [2.75, 3.05) is 0 Å². The van der Waals surface area contributed by atoms with Gasteiger partial charge in [-0.3, -0.25) is 0 Å². The number of nitrogens with zero attached hydrogens (tertiary/aromatic N) is 1. The summed E-state index contributed by atoms with van der Waals surface area (Å²) in [7, 11) is 0. The van der Waals surface area contributed by atoms with E-state index in [0.717, 1.165) is 11.3 Å². The number of hydrogen-bond donors (Lipinski definition) is 0. The Bertz CT molecular complexity index is 538. The van der Waals surface area contributed by atoms with Crippen molar-refractivity contribution < 1.29 is 4.74 Å². The molecule has 2 nitrogen and oxygen atoms in total. The van der Waals surface area contributed by atoms with Gasteiger partial charge in [0.05, 0.1) is 11.6 Å². The lowest BCUT2D eigenvalue weighted by atomic mass is 10.1. The highest BCUT2D eigenvalue weighted by molar-refractivity contribution is 5.33. The van der Waals surface area contributed by atoms with Crippen molar-refractivity contribution in [3.8, 4) is 11.8 Å². The summed E-state index contributed by atoms with van der Waals surface area (Å²) in [6.45, 7) is 2.53. The number of rotatable bonds is 3. The van der Waals surface area contributed by atoms with Crippen LogP contribution in [0.4, 0.5) is 0 Å². The molecule has 0 bridgehead atoms. The van der Waals surface area contributed by atoms with Gasteiger partial charge >= 0.3 is 0 Å². The molecule has 0 aliphatic rings. The zero-order valence-electron chi connectivity index (χ0n) is 9.68. The van der Waals surface area contributed by atoms with Crippen molar-refractivity contribution in [1.29, 1.82) is 5.26 Å². The Labute approximate surface area is 101 Å². The Kier molecular flexibility index (Phi) is 3.42. The minimum absolute atomic E-state index is 0.485. The third kappa shape index (κ3) is 3.09. The summed E-state index contributed by atoms with van der Waals surface area (Å²) in [6.07, 6.45) is 0. The third-order valence-electron chi connectivity index (χ3n) is 2.48. The van der Waals surface area contributed by atoms with Crippen molar-refractivity contribution in [3.63, 3.8) is 0 Å². The number of ether oxygens (including phenoxy) is 1. The fraction of sp³-hybridized carbons (Fsp3) is 0.133. The van der Waals surface area contributed by atoms with E-state index in [1.165, 1.54) is 5.56 Å². The van der Waals surface area contributed by atoms with Gasteiger partial charge in [0.15, 0.2) is 0 Å². The highest BCUT2D eigenvalue weighted by Gasteiger charge is 1.97. The average molecular weight is 223 g/mol. The van der Waals surface area contributed by atoms with Gasteiger partial charge in [-0.2, -0.15) is 5.26 Å². The van der Waals surface area contributed by atoms with Crippen LogP contribution in [0.2, 0.25) is 0 Å². The fourth-order valence-electron chi connectivity index (χ4n) is 1.53. The second-order valence-electron chi connectivity index (χ2n) is 3.91. The monoisotopic (exact) mass is 223 g/mol. The summed E-state index contributed by atoms with van der Waals surface area (Å²) in [5.41, 5.74) is 2.88. The zero-order chi connectivity index (χ0) is 12.1. The third-order valence-corrected chi connectivity index (χ3v) is 2.48. The van der Waals surface area contributed by atoms with Gasteiger partial charge in [-0.05, 0) is 36.8 Å². The van der Waals surface area contributed by atoms with Crippen LogP contribution < -0.4 is 4.74 Å². The van der Waals surface area contributed by atoms with Crippen LogP contribution in [0.15, 0.2) is 48.5 Å². The van der Waals surface area contributed by atoms with Gasteiger partial charge in [-0.1, -0.05) is 29.8 Å². The normalized spacial score (nSPS) is 9.65. The van der Waals surface area contributed by atoms with E-state index in [2.05, 4.69) is 6.07 Å². The smallest absolute Gasteiger partial charge is 0.119 e. The quantitative estimate of drug-likeness (QED) is 0.798. The first-order valence-corrected chi connectivity index (χ1v) is 5.46. The first-order chi connectivity index (χ1) is 8.28. The second kappa shape index (κ2) is 5.18.